The number of H-pyrrole nitrogens is 1. The first kappa shape index (κ1) is 26.2. The molecule has 192 valence electrons. The van der Waals surface area contributed by atoms with Crippen molar-refractivity contribution in [1.82, 2.24) is 15.6 Å². The Bertz CT molecular complexity index is 1260. The molecule has 0 saturated heterocycles. The van der Waals surface area contributed by atoms with Crippen LogP contribution in [0.4, 0.5) is 0 Å². The Morgan fingerprint density at radius 1 is 0.892 bits per heavy atom. The molecule has 37 heavy (non-hydrogen) atoms. The fraction of sp³-hybridized carbons (Fsp3) is 0.290. The fourth-order valence-electron chi connectivity index (χ4n) is 4.56. The van der Waals surface area contributed by atoms with Gasteiger partial charge in [0, 0.05) is 41.8 Å². The summed E-state index contributed by atoms with van der Waals surface area (Å²) in [5.74, 6) is 0.0304. The van der Waals surface area contributed by atoms with Gasteiger partial charge in [-0.3, -0.25) is 10.2 Å². The summed E-state index contributed by atoms with van der Waals surface area (Å²) in [5.41, 5.74) is 10.9. The zero-order valence-electron chi connectivity index (χ0n) is 21.5. The number of nitrogens with two attached hydrogens (primary N) is 1. The molecule has 1 aromatic heterocycles. The van der Waals surface area contributed by atoms with Crippen LogP contribution in [0.15, 0.2) is 84.9 Å². The van der Waals surface area contributed by atoms with Crippen molar-refractivity contribution in [1.29, 1.82) is 5.41 Å². The molecule has 6 nitrogen and oxygen atoms in total. The van der Waals surface area contributed by atoms with Gasteiger partial charge in [0.15, 0.2) is 0 Å². The molecule has 2 atom stereocenters. The number of carbonyl (C=O) groups excluding carboxylic acids is 1. The Hall–Kier alpha value is -3.90. The molecule has 0 saturated carbocycles. The summed E-state index contributed by atoms with van der Waals surface area (Å²) in [7, 11) is 0. The highest BCUT2D eigenvalue weighted by Gasteiger charge is 2.17. The van der Waals surface area contributed by atoms with Gasteiger partial charge in [-0.25, -0.2) is 0 Å². The molecule has 1 heterocycles. The van der Waals surface area contributed by atoms with Crippen LogP contribution in [0.3, 0.4) is 0 Å². The molecule has 4 aromatic rings. The Morgan fingerprint density at radius 3 is 2.35 bits per heavy atom. The van der Waals surface area contributed by atoms with Gasteiger partial charge in [0.25, 0.3) is 0 Å². The number of para-hydroxylation sites is 1. The molecule has 0 radical (unpaired) electrons. The lowest BCUT2D eigenvalue weighted by molar-refractivity contribution is -0.124. The van der Waals surface area contributed by atoms with E-state index < -0.39 is 0 Å². The minimum Gasteiger partial charge on any atom is -0.384 e. The van der Waals surface area contributed by atoms with Gasteiger partial charge in [-0.15, -0.1) is 0 Å². The molecule has 0 bridgehead atoms. The van der Waals surface area contributed by atoms with Crippen molar-refractivity contribution in [3.05, 3.63) is 107 Å². The van der Waals surface area contributed by atoms with E-state index >= 15 is 0 Å². The van der Waals surface area contributed by atoms with E-state index in [9.17, 15) is 4.79 Å². The highest BCUT2D eigenvalue weighted by molar-refractivity contribution is 5.94. The highest BCUT2D eigenvalue weighted by atomic mass is 16.1. The topological polar surface area (TPSA) is 107 Å². The summed E-state index contributed by atoms with van der Waals surface area (Å²) in [4.78, 5) is 16.3. The van der Waals surface area contributed by atoms with Gasteiger partial charge >= 0.3 is 0 Å². The fourth-order valence-corrected chi connectivity index (χ4v) is 4.56. The number of carbonyl (C=O) groups is 1. The standard InChI is InChI=1S/C31H37N5O/c1-22(31(37)35-20-24-12-15-25(16-13-24)30(32)33)11-17-27(18-14-23-7-3-2-4-8-23)34-21-28-19-26-9-5-6-10-29(26)36-28/h2-10,12-13,15-16,19,22,27,34,36H,11,14,17-18,20-21H2,1H3,(H3,32,33)(H,35,37)/t22-,27+/m1/s1. The molecule has 6 N–H and O–H groups in total. The lowest BCUT2D eigenvalue weighted by Crippen LogP contribution is -2.33. The van der Waals surface area contributed by atoms with Crippen LogP contribution in [0, 0.1) is 11.3 Å². The van der Waals surface area contributed by atoms with Crippen LogP contribution in [0.2, 0.25) is 0 Å². The number of benzene rings is 3. The van der Waals surface area contributed by atoms with Crippen molar-refractivity contribution in [2.75, 3.05) is 0 Å². The minimum atomic E-state index is -0.0782. The van der Waals surface area contributed by atoms with Crippen LogP contribution in [-0.4, -0.2) is 22.8 Å². The number of hydrogen-bond acceptors (Lipinski definition) is 3. The third-order valence-corrected chi connectivity index (χ3v) is 6.92. The van der Waals surface area contributed by atoms with Gasteiger partial charge in [-0.2, -0.15) is 0 Å². The van der Waals surface area contributed by atoms with Crippen molar-refractivity contribution in [2.24, 2.45) is 11.7 Å². The number of nitrogens with one attached hydrogen (secondary N) is 4. The van der Waals surface area contributed by atoms with E-state index in [0.717, 1.165) is 43.3 Å². The average molecular weight is 496 g/mol. The van der Waals surface area contributed by atoms with Crippen molar-refractivity contribution in [3.8, 4) is 0 Å². The molecule has 0 spiro atoms. The Kier molecular flexibility index (Phi) is 9.11. The smallest absolute Gasteiger partial charge is 0.223 e. The number of fused-ring (bicyclic) bond motifs is 1. The first-order valence-corrected chi connectivity index (χ1v) is 13.0. The van der Waals surface area contributed by atoms with E-state index in [0.29, 0.717) is 18.2 Å². The average Bonchev–Trinajstić information content (AvgIpc) is 3.35. The molecule has 4 rings (SSSR count). The number of aryl methyl sites for hydroxylation is 1. The van der Waals surface area contributed by atoms with Crippen molar-refractivity contribution < 1.29 is 4.79 Å². The van der Waals surface area contributed by atoms with E-state index in [-0.39, 0.29) is 17.7 Å². The van der Waals surface area contributed by atoms with Crippen LogP contribution >= 0.6 is 0 Å². The van der Waals surface area contributed by atoms with Gasteiger partial charge < -0.3 is 21.4 Å². The molecule has 0 unspecified atom stereocenters. The molecule has 3 aromatic carbocycles. The quantitative estimate of drug-likeness (QED) is 0.129. The molecular weight excluding hydrogens is 458 g/mol. The summed E-state index contributed by atoms with van der Waals surface area (Å²) in [6, 6.07) is 28.8. The van der Waals surface area contributed by atoms with E-state index in [1.165, 1.54) is 16.6 Å². The third-order valence-electron chi connectivity index (χ3n) is 6.92. The molecule has 6 heteroatoms. The number of nitrogen functional groups attached to an aromatic ring is 1. The van der Waals surface area contributed by atoms with Crippen LogP contribution in [0.25, 0.3) is 10.9 Å². The Morgan fingerprint density at radius 2 is 1.62 bits per heavy atom. The van der Waals surface area contributed by atoms with E-state index in [1.54, 1.807) is 0 Å². The largest absolute Gasteiger partial charge is 0.384 e. The van der Waals surface area contributed by atoms with E-state index in [1.807, 2.05) is 43.3 Å². The molecule has 1 amide bonds. The van der Waals surface area contributed by atoms with E-state index in [4.69, 9.17) is 11.1 Å². The lowest BCUT2D eigenvalue weighted by atomic mass is 9.96. The maximum atomic E-state index is 12.8. The maximum Gasteiger partial charge on any atom is 0.223 e. The van der Waals surface area contributed by atoms with Crippen LogP contribution in [0.1, 0.15) is 48.6 Å². The zero-order chi connectivity index (χ0) is 26.0. The number of aromatic nitrogens is 1. The van der Waals surface area contributed by atoms with Crippen molar-refractivity contribution in [2.45, 2.75) is 51.7 Å². The Balaban J connectivity index is 1.30. The number of rotatable bonds is 13. The van der Waals surface area contributed by atoms with Gasteiger partial charge in [0.1, 0.15) is 5.84 Å². The van der Waals surface area contributed by atoms with Gasteiger partial charge in [0.2, 0.25) is 5.91 Å². The molecule has 0 aliphatic carbocycles. The number of amidine groups is 1. The first-order valence-electron chi connectivity index (χ1n) is 13.0. The van der Waals surface area contributed by atoms with Crippen LogP contribution in [-0.2, 0) is 24.3 Å². The monoisotopic (exact) mass is 495 g/mol. The highest BCUT2D eigenvalue weighted by Crippen LogP contribution is 2.17. The predicted octanol–water partition coefficient (Wildman–Crippen LogP) is 5.28. The Labute approximate surface area is 219 Å². The second-order valence-corrected chi connectivity index (χ2v) is 9.79. The predicted molar refractivity (Wildman–Crippen MR) is 151 cm³/mol. The van der Waals surface area contributed by atoms with Gasteiger partial charge in [-0.05, 0) is 54.3 Å². The number of aromatic amines is 1. The molecular formula is C31H37N5O. The summed E-state index contributed by atoms with van der Waals surface area (Å²) in [5, 5.41) is 15.5. The minimum absolute atomic E-state index is 0.0455. The van der Waals surface area contributed by atoms with Crippen molar-refractivity contribution >= 4 is 22.6 Å². The van der Waals surface area contributed by atoms with Crippen LogP contribution < -0.4 is 16.4 Å². The van der Waals surface area contributed by atoms with E-state index in [2.05, 4.69) is 64.1 Å². The summed E-state index contributed by atoms with van der Waals surface area (Å²) < 4.78 is 0. The summed E-state index contributed by atoms with van der Waals surface area (Å²) in [6.07, 6.45) is 3.76. The van der Waals surface area contributed by atoms with Gasteiger partial charge in [-0.1, -0.05) is 79.7 Å². The molecule has 0 aliphatic heterocycles. The number of hydrogen-bond donors (Lipinski definition) is 5. The third kappa shape index (κ3) is 7.79. The lowest BCUT2D eigenvalue weighted by Gasteiger charge is -2.21. The number of amides is 1. The first-order chi connectivity index (χ1) is 18.0. The molecule has 0 fully saturated rings. The zero-order valence-corrected chi connectivity index (χ0v) is 21.5. The molecule has 0 aliphatic rings. The second-order valence-electron chi connectivity index (χ2n) is 9.79. The summed E-state index contributed by atoms with van der Waals surface area (Å²) in [6.45, 7) is 3.24. The second kappa shape index (κ2) is 12.9. The normalized spacial score (nSPS) is 12.8. The van der Waals surface area contributed by atoms with Crippen molar-refractivity contribution in [3.63, 3.8) is 0 Å². The maximum absolute atomic E-state index is 12.8. The van der Waals surface area contributed by atoms with Crippen LogP contribution in [0.5, 0.6) is 0 Å². The summed E-state index contributed by atoms with van der Waals surface area (Å²) >= 11 is 0. The van der Waals surface area contributed by atoms with Gasteiger partial charge in [0.05, 0.1) is 0 Å². The SMILES string of the molecule is C[C@H](CC[C@@H](CCc1ccccc1)NCc1cc2ccccc2[nH]1)C(=O)NCc1ccc(C(=N)N)cc1.